The average molecular weight is 538 g/mol. The zero-order valence-electron chi connectivity index (χ0n) is 18.6. The monoisotopic (exact) mass is 538 g/mol. The highest BCUT2D eigenvalue weighted by Gasteiger charge is 2.12. The van der Waals surface area contributed by atoms with Crippen LogP contribution in [0.4, 0.5) is 0 Å². The number of rotatable bonds is 9. The highest BCUT2D eigenvalue weighted by Crippen LogP contribution is 2.15. The number of halogens is 1. The van der Waals surface area contributed by atoms with Crippen molar-refractivity contribution in [3.05, 3.63) is 65.2 Å². The predicted octanol–water partition coefficient (Wildman–Crippen LogP) is 3.79. The lowest BCUT2D eigenvalue weighted by molar-refractivity contribution is 0.0341. The van der Waals surface area contributed by atoms with E-state index in [1.807, 2.05) is 25.1 Å². The molecular weight excluding hydrogens is 503 g/mol. The van der Waals surface area contributed by atoms with Crippen LogP contribution in [0, 0.1) is 0 Å². The molecule has 1 saturated heterocycles. The van der Waals surface area contributed by atoms with Gasteiger partial charge in [-0.25, -0.2) is 4.99 Å². The van der Waals surface area contributed by atoms with Gasteiger partial charge in [-0.1, -0.05) is 36.4 Å². The zero-order valence-corrected chi connectivity index (χ0v) is 20.9. The number of hydrogen-bond donors (Lipinski definition) is 2. The lowest BCUT2D eigenvalue weighted by atomic mass is 10.1. The van der Waals surface area contributed by atoms with E-state index in [1.54, 1.807) is 0 Å². The first-order valence-corrected chi connectivity index (χ1v) is 10.9. The van der Waals surface area contributed by atoms with Gasteiger partial charge >= 0.3 is 0 Å². The van der Waals surface area contributed by atoms with E-state index in [9.17, 15) is 0 Å². The molecule has 0 spiro atoms. The number of morpholine rings is 1. The molecule has 31 heavy (non-hydrogen) atoms. The van der Waals surface area contributed by atoms with Crippen molar-refractivity contribution in [2.75, 3.05) is 39.5 Å². The Balaban J connectivity index is 0.00000341. The molecular formula is C24H35IN4O2. The molecule has 1 aliphatic rings. The van der Waals surface area contributed by atoms with Gasteiger partial charge in [-0.15, -0.1) is 24.0 Å². The minimum absolute atomic E-state index is 0. The van der Waals surface area contributed by atoms with E-state index in [2.05, 4.69) is 52.8 Å². The highest BCUT2D eigenvalue weighted by molar-refractivity contribution is 14.0. The highest BCUT2D eigenvalue weighted by atomic mass is 127. The topological polar surface area (TPSA) is 58.1 Å². The van der Waals surface area contributed by atoms with Gasteiger partial charge < -0.3 is 20.1 Å². The second-order valence-electron chi connectivity index (χ2n) is 7.29. The quantitative estimate of drug-likeness (QED) is 0.289. The molecule has 0 atom stereocenters. The van der Waals surface area contributed by atoms with Crippen LogP contribution in [0.3, 0.4) is 0 Å². The third kappa shape index (κ3) is 8.66. The smallest absolute Gasteiger partial charge is 0.191 e. The molecule has 6 nitrogen and oxygen atoms in total. The van der Waals surface area contributed by atoms with Crippen molar-refractivity contribution in [2.45, 2.75) is 33.5 Å². The molecule has 2 aromatic rings. The van der Waals surface area contributed by atoms with Gasteiger partial charge in [0, 0.05) is 32.7 Å². The molecule has 0 bridgehead atoms. The maximum atomic E-state index is 5.59. The number of hydrogen-bond acceptors (Lipinski definition) is 4. The number of benzene rings is 2. The molecule has 1 heterocycles. The Bertz CT molecular complexity index is 810. The van der Waals surface area contributed by atoms with Gasteiger partial charge in [-0.2, -0.15) is 0 Å². The molecule has 0 unspecified atom stereocenters. The predicted molar refractivity (Wildman–Crippen MR) is 137 cm³/mol. The third-order valence-electron chi connectivity index (χ3n) is 5.04. The van der Waals surface area contributed by atoms with Gasteiger partial charge in [0.1, 0.15) is 5.75 Å². The van der Waals surface area contributed by atoms with Gasteiger partial charge in [0.25, 0.3) is 0 Å². The van der Waals surface area contributed by atoms with E-state index >= 15 is 0 Å². The van der Waals surface area contributed by atoms with Crippen LogP contribution in [0.15, 0.2) is 53.5 Å². The minimum Gasteiger partial charge on any atom is -0.494 e. The zero-order chi connectivity index (χ0) is 21.0. The van der Waals surface area contributed by atoms with Gasteiger partial charge in [0.15, 0.2) is 5.96 Å². The Morgan fingerprint density at radius 1 is 1.03 bits per heavy atom. The molecule has 0 saturated carbocycles. The number of ether oxygens (including phenoxy) is 2. The van der Waals surface area contributed by atoms with Crippen LogP contribution in [0.5, 0.6) is 5.75 Å². The molecule has 1 fully saturated rings. The van der Waals surface area contributed by atoms with Crippen molar-refractivity contribution in [2.24, 2.45) is 4.99 Å². The standard InChI is InChI=1S/C24H34N4O2.HI/c1-3-25-24(26-17-20-8-7-11-23(16-20)30-4-2)27-18-21-9-5-6-10-22(21)19-28-12-14-29-15-13-28;/h5-11,16H,3-4,12-15,17-19H2,1-2H3,(H2,25,26,27);1H. The average Bonchev–Trinajstić information content (AvgIpc) is 2.78. The Kier molecular flexibility index (Phi) is 11.7. The van der Waals surface area contributed by atoms with Crippen LogP contribution in [-0.2, 0) is 24.4 Å². The summed E-state index contributed by atoms with van der Waals surface area (Å²) in [5.74, 6) is 1.71. The van der Waals surface area contributed by atoms with Crippen molar-refractivity contribution in [1.82, 2.24) is 15.5 Å². The van der Waals surface area contributed by atoms with Crippen LogP contribution in [-0.4, -0.2) is 50.3 Å². The Hall–Kier alpha value is -1.84. The summed E-state index contributed by atoms with van der Waals surface area (Å²) in [6, 6.07) is 16.7. The Morgan fingerprint density at radius 2 is 1.81 bits per heavy atom. The maximum absolute atomic E-state index is 5.59. The lowest BCUT2D eigenvalue weighted by Gasteiger charge is -2.27. The normalized spacial score (nSPS) is 14.6. The summed E-state index contributed by atoms with van der Waals surface area (Å²) >= 11 is 0. The number of nitrogens with one attached hydrogen (secondary N) is 2. The summed E-state index contributed by atoms with van der Waals surface area (Å²) in [5.41, 5.74) is 3.78. The molecule has 2 N–H and O–H groups in total. The second kappa shape index (κ2) is 14.3. The molecule has 1 aliphatic heterocycles. The summed E-state index contributed by atoms with van der Waals surface area (Å²) in [6.45, 7) is 11.5. The number of guanidine groups is 1. The van der Waals surface area contributed by atoms with E-state index < -0.39 is 0 Å². The van der Waals surface area contributed by atoms with E-state index in [0.717, 1.165) is 63.2 Å². The summed E-state index contributed by atoms with van der Waals surface area (Å²) < 4.78 is 11.1. The van der Waals surface area contributed by atoms with Crippen LogP contribution < -0.4 is 15.4 Å². The summed E-state index contributed by atoms with van der Waals surface area (Å²) in [7, 11) is 0. The number of nitrogens with zero attached hydrogens (tertiary/aromatic N) is 2. The van der Waals surface area contributed by atoms with Gasteiger partial charge in [-0.3, -0.25) is 4.90 Å². The van der Waals surface area contributed by atoms with Gasteiger partial charge in [-0.05, 0) is 42.7 Å². The van der Waals surface area contributed by atoms with Crippen molar-refractivity contribution >= 4 is 29.9 Å². The summed E-state index contributed by atoms with van der Waals surface area (Å²) in [4.78, 5) is 7.21. The van der Waals surface area contributed by atoms with E-state index in [1.165, 1.54) is 11.1 Å². The van der Waals surface area contributed by atoms with Crippen LogP contribution in [0.25, 0.3) is 0 Å². The molecule has 0 aromatic heterocycles. The maximum Gasteiger partial charge on any atom is 0.191 e. The summed E-state index contributed by atoms with van der Waals surface area (Å²) in [5, 5.41) is 6.83. The van der Waals surface area contributed by atoms with Crippen molar-refractivity contribution in [3.8, 4) is 5.75 Å². The fraction of sp³-hybridized carbons (Fsp3) is 0.458. The number of aliphatic imine (C=N–C) groups is 1. The van der Waals surface area contributed by atoms with Crippen LogP contribution in [0.1, 0.15) is 30.5 Å². The van der Waals surface area contributed by atoms with E-state index in [4.69, 9.17) is 14.5 Å². The minimum atomic E-state index is 0. The van der Waals surface area contributed by atoms with Crippen molar-refractivity contribution < 1.29 is 9.47 Å². The molecule has 7 heteroatoms. The molecule has 170 valence electrons. The first-order chi connectivity index (χ1) is 14.8. The largest absolute Gasteiger partial charge is 0.494 e. The Morgan fingerprint density at radius 3 is 2.55 bits per heavy atom. The second-order valence-corrected chi connectivity index (χ2v) is 7.29. The first-order valence-electron chi connectivity index (χ1n) is 10.9. The van der Waals surface area contributed by atoms with E-state index in [-0.39, 0.29) is 24.0 Å². The molecule has 2 aromatic carbocycles. The first kappa shape index (κ1) is 25.4. The molecule has 3 rings (SSSR count). The lowest BCUT2D eigenvalue weighted by Crippen LogP contribution is -2.38. The molecule has 0 aliphatic carbocycles. The van der Waals surface area contributed by atoms with E-state index in [0.29, 0.717) is 13.2 Å². The molecule has 0 radical (unpaired) electrons. The third-order valence-corrected chi connectivity index (χ3v) is 5.04. The fourth-order valence-corrected chi connectivity index (χ4v) is 3.48. The summed E-state index contributed by atoms with van der Waals surface area (Å²) in [6.07, 6.45) is 0. The van der Waals surface area contributed by atoms with Crippen LogP contribution in [0.2, 0.25) is 0 Å². The van der Waals surface area contributed by atoms with Crippen molar-refractivity contribution in [3.63, 3.8) is 0 Å². The fourth-order valence-electron chi connectivity index (χ4n) is 3.48. The van der Waals surface area contributed by atoms with Gasteiger partial charge in [0.05, 0.1) is 26.4 Å². The van der Waals surface area contributed by atoms with Gasteiger partial charge in [0.2, 0.25) is 0 Å². The molecule has 0 amide bonds. The van der Waals surface area contributed by atoms with Crippen LogP contribution >= 0.6 is 24.0 Å². The van der Waals surface area contributed by atoms with Crippen molar-refractivity contribution in [1.29, 1.82) is 0 Å². The Labute approximate surface area is 203 Å². The SMILES string of the molecule is CCNC(=NCc1cccc(OCC)c1)NCc1ccccc1CN1CCOCC1.I.